The summed E-state index contributed by atoms with van der Waals surface area (Å²) in [4.78, 5) is 13.2. The van der Waals surface area contributed by atoms with E-state index in [0.29, 0.717) is 12.6 Å². The minimum absolute atomic E-state index is 0.237. The van der Waals surface area contributed by atoms with Crippen molar-refractivity contribution < 1.29 is 9.90 Å². The summed E-state index contributed by atoms with van der Waals surface area (Å²) in [5, 5.41) is 11.8. The number of carboxylic acids is 1. The fourth-order valence-corrected chi connectivity index (χ4v) is 0.987. The maximum atomic E-state index is 10.5. The summed E-state index contributed by atoms with van der Waals surface area (Å²) in [6.45, 7) is 4.79. The molecule has 0 aliphatic rings. The van der Waals surface area contributed by atoms with Gasteiger partial charge in [-0.15, -0.1) is 0 Å². The van der Waals surface area contributed by atoms with Crippen LogP contribution < -0.4 is 5.32 Å². The highest BCUT2D eigenvalue weighted by molar-refractivity contribution is 5.85. The van der Waals surface area contributed by atoms with Crippen LogP contribution in [0.1, 0.15) is 29.9 Å². The van der Waals surface area contributed by atoms with Crippen molar-refractivity contribution in [1.29, 1.82) is 0 Å². The molecule has 0 aliphatic carbocycles. The number of hydrogen-bond acceptors (Lipinski definition) is 2. The molecule has 0 radical (unpaired) electrons. The molecule has 1 rings (SSSR count). The van der Waals surface area contributed by atoms with E-state index in [-0.39, 0.29) is 5.69 Å². The highest BCUT2D eigenvalue weighted by atomic mass is 16.4. The average Bonchev–Trinajstić information content (AvgIpc) is 2.48. The quantitative estimate of drug-likeness (QED) is 0.655. The van der Waals surface area contributed by atoms with Gasteiger partial charge in [0.2, 0.25) is 0 Å². The molecule has 4 heteroatoms. The second kappa shape index (κ2) is 4.09. The van der Waals surface area contributed by atoms with Gasteiger partial charge in [-0.2, -0.15) is 0 Å². The predicted octanol–water partition coefficient (Wildman–Crippen LogP) is 1.21. The second-order valence-corrected chi connectivity index (χ2v) is 3.26. The van der Waals surface area contributed by atoms with Crippen LogP contribution in [0.5, 0.6) is 0 Å². The molecule has 0 spiro atoms. The topological polar surface area (TPSA) is 65.1 Å². The van der Waals surface area contributed by atoms with E-state index in [2.05, 4.69) is 10.3 Å². The number of nitrogens with one attached hydrogen (secondary N) is 2. The second-order valence-electron chi connectivity index (χ2n) is 3.26. The number of H-pyrrole nitrogens is 1. The highest BCUT2D eigenvalue weighted by Crippen LogP contribution is 2.03. The van der Waals surface area contributed by atoms with Crippen molar-refractivity contribution in [1.82, 2.24) is 10.3 Å². The van der Waals surface area contributed by atoms with E-state index in [1.807, 2.05) is 13.8 Å². The van der Waals surface area contributed by atoms with Crippen molar-refractivity contribution in [2.24, 2.45) is 0 Å². The summed E-state index contributed by atoms with van der Waals surface area (Å²) in [5.74, 6) is -0.921. The molecule has 1 aromatic heterocycles. The summed E-state index contributed by atoms with van der Waals surface area (Å²) in [6.07, 6.45) is 1.71. The largest absolute Gasteiger partial charge is 0.477 e. The van der Waals surface area contributed by atoms with Gasteiger partial charge in [-0.25, -0.2) is 4.79 Å². The molecule has 0 atom stereocenters. The number of rotatable bonds is 4. The van der Waals surface area contributed by atoms with Crippen LogP contribution in [0, 0.1) is 0 Å². The zero-order chi connectivity index (χ0) is 9.84. The Balaban J connectivity index is 2.54. The number of aromatic nitrogens is 1. The summed E-state index contributed by atoms with van der Waals surface area (Å²) in [7, 11) is 0. The first-order valence-corrected chi connectivity index (χ1v) is 4.23. The van der Waals surface area contributed by atoms with Crippen LogP contribution in [-0.2, 0) is 6.54 Å². The van der Waals surface area contributed by atoms with E-state index >= 15 is 0 Å². The van der Waals surface area contributed by atoms with Gasteiger partial charge >= 0.3 is 5.97 Å². The molecule has 0 fully saturated rings. The molecule has 0 amide bonds. The van der Waals surface area contributed by atoms with Gasteiger partial charge in [-0.3, -0.25) is 0 Å². The van der Waals surface area contributed by atoms with Gasteiger partial charge in [0.15, 0.2) is 0 Å². The normalized spacial score (nSPS) is 10.7. The first kappa shape index (κ1) is 9.80. The summed E-state index contributed by atoms with van der Waals surface area (Å²) in [5.41, 5.74) is 1.20. The third-order valence-corrected chi connectivity index (χ3v) is 1.69. The third-order valence-electron chi connectivity index (χ3n) is 1.69. The van der Waals surface area contributed by atoms with Crippen LogP contribution >= 0.6 is 0 Å². The Kier molecular flexibility index (Phi) is 3.08. The molecule has 0 saturated carbocycles. The summed E-state index contributed by atoms with van der Waals surface area (Å²) in [6, 6.07) is 2.04. The maximum absolute atomic E-state index is 10.5. The first-order valence-electron chi connectivity index (χ1n) is 4.23. The standard InChI is InChI=1S/C9H14N2O2/c1-6(2)10-4-7-3-8(9(12)13)11-5-7/h3,5-6,10-11H,4H2,1-2H3,(H,12,13). The lowest BCUT2D eigenvalue weighted by Crippen LogP contribution is -2.21. The van der Waals surface area contributed by atoms with Crippen LogP contribution in [0.2, 0.25) is 0 Å². The molecule has 0 unspecified atom stereocenters. The van der Waals surface area contributed by atoms with Crippen LogP contribution in [0.3, 0.4) is 0 Å². The Morgan fingerprint density at radius 1 is 1.69 bits per heavy atom. The molecule has 0 aliphatic heterocycles. The zero-order valence-corrected chi connectivity index (χ0v) is 7.79. The van der Waals surface area contributed by atoms with Gasteiger partial charge in [0.25, 0.3) is 0 Å². The van der Waals surface area contributed by atoms with Gasteiger partial charge in [-0.1, -0.05) is 13.8 Å². The van der Waals surface area contributed by atoms with E-state index in [1.165, 1.54) is 0 Å². The Hall–Kier alpha value is -1.29. The highest BCUT2D eigenvalue weighted by Gasteiger charge is 2.05. The molecular formula is C9H14N2O2. The predicted molar refractivity (Wildman–Crippen MR) is 49.7 cm³/mol. The van der Waals surface area contributed by atoms with E-state index in [4.69, 9.17) is 5.11 Å². The Labute approximate surface area is 77.0 Å². The number of hydrogen-bond donors (Lipinski definition) is 3. The molecule has 1 heterocycles. The Morgan fingerprint density at radius 2 is 2.38 bits per heavy atom. The summed E-state index contributed by atoms with van der Waals surface area (Å²) >= 11 is 0. The molecule has 13 heavy (non-hydrogen) atoms. The van der Waals surface area contributed by atoms with Crippen molar-refractivity contribution >= 4 is 5.97 Å². The molecule has 3 N–H and O–H groups in total. The fraction of sp³-hybridized carbons (Fsp3) is 0.444. The van der Waals surface area contributed by atoms with E-state index in [1.54, 1.807) is 12.3 Å². The van der Waals surface area contributed by atoms with Gasteiger partial charge in [-0.05, 0) is 11.6 Å². The minimum Gasteiger partial charge on any atom is -0.477 e. The lowest BCUT2D eigenvalue weighted by molar-refractivity contribution is 0.0691. The lowest BCUT2D eigenvalue weighted by atomic mass is 10.3. The lowest BCUT2D eigenvalue weighted by Gasteiger charge is -2.05. The number of aromatic carboxylic acids is 1. The van der Waals surface area contributed by atoms with Gasteiger partial charge in [0, 0.05) is 18.8 Å². The maximum Gasteiger partial charge on any atom is 0.352 e. The van der Waals surface area contributed by atoms with Crippen LogP contribution in [-0.4, -0.2) is 22.1 Å². The molecule has 4 nitrogen and oxygen atoms in total. The van der Waals surface area contributed by atoms with Gasteiger partial charge in [0.1, 0.15) is 5.69 Å². The summed E-state index contributed by atoms with van der Waals surface area (Å²) < 4.78 is 0. The smallest absolute Gasteiger partial charge is 0.352 e. The molecule has 0 saturated heterocycles. The van der Waals surface area contributed by atoms with Gasteiger partial charge in [0.05, 0.1) is 0 Å². The number of aromatic amines is 1. The van der Waals surface area contributed by atoms with Gasteiger partial charge < -0.3 is 15.4 Å². The van der Waals surface area contributed by atoms with Crippen molar-refractivity contribution in [3.63, 3.8) is 0 Å². The van der Waals surface area contributed by atoms with E-state index in [0.717, 1.165) is 5.56 Å². The van der Waals surface area contributed by atoms with Crippen molar-refractivity contribution in [2.75, 3.05) is 0 Å². The van der Waals surface area contributed by atoms with Crippen LogP contribution in [0.15, 0.2) is 12.3 Å². The van der Waals surface area contributed by atoms with Crippen LogP contribution in [0.25, 0.3) is 0 Å². The third kappa shape index (κ3) is 2.91. The fourth-order valence-electron chi connectivity index (χ4n) is 0.987. The molecule has 0 bridgehead atoms. The van der Waals surface area contributed by atoms with E-state index in [9.17, 15) is 4.79 Å². The van der Waals surface area contributed by atoms with Crippen LogP contribution in [0.4, 0.5) is 0 Å². The zero-order valence-electron chi connectivity index (χ0n) is 7.79. The number of carbonyl (C=O) groups is 1. The van der Waals surface area contributed by atoms with E-state index < -0.39 is 5.97 Å². The van der Waals surface area contributed by atoms with Crippen molar-refractivity contribution in [3.8, 4) is 0 Å². The SMILES string of the molecule is CC(C)NCc1c[nH]c(C(=O)O)c1. The van der Waals surface area contributed by atoms with Crippen molar-refractivity contribution in [2.45, 2.75) is 26.4 Å². The molecular weight excluding hydrogens is 168 g/mol. The Bertz CT molecular complexity index is 292. The average molecular weight is 182 g/mol. The Morgan fingerprint density at radius 3 is 2.85 bits per heavy atom. The molecule has 72 valence electrons. The monoisotopic (exact) mass is 182 g/mol. The number of carboxylic acid groups (broad SMARTS) is 1. The minimum atomic E-state index is -0.921. The molecule has 0 aromatic carbocycles. The van der Waals surface area contributed by atoms with Crippen molar-refractivity contribution in [3.05, 3.63) is 23.5 Å². The first-order chi connectivity index (χ1) is 6.09. The molecule has 1 aromatic rings.